The Hall–Kier alpha value is -1.43. The Labute approximate surface area is 74.8 Å². The molecule has 13 heavy (non-hydrogen) atoms. The average Bonchev–Trinajstić information content (AvgIpc) is 2.50. The van der Waals surface area contributed by atoms with Gasteiger partial charge in [-0.3, -0.25) is 0 Å². The Morgan fingerprint density at radius 3 is 2.69 bits per heavy atom. The molecule has 1 aromatic heterocycles. The summed E-state index contributed by atoms with van der Waals surface area (Å²) in [5.74, 6) is -1.30. The fraction of sp³-hybridized carbons (Fsp3) is 0.571. The first-order valence-electron chi connectivity index (χ1n) is 3.85. The van der Waals surface area contributed by atoms with E-state index in [1.165, 1.54) is 10.9 Å². The summed E-state index contributed by atoms with van der Waals surface area (Å²) in [6.07, 6.45) is -0.309. The number of rotatable bonds is 3. The van der Waals surface area contributed by atoms with E-state index in [9.17, 15) is 9.90 Å². The molecule has 1 unspecified atom stereocenters. The van der Waals surface area contributed by atoms with Crippen molar-refractivity contribution >= 4 is 5.97 Å². The Bertz CT molecular complexity index is 308. The van der Waals surface area contributed by atoms with Crippen LogP contribution >= 0.6 is 0 Å². The van der Waals surface area contributed by atoms with Gasteiger partial charge in [-0.25, -0.2) is 9.48 Å². The molecule has 0 spiro atoms. The van der Waals surface area contributed by atoms with Crippen LogP contribution in [0.5, 0.6) is 0 Å². The lowest BCUT2D eigenvalue weighted by atomic mass is 10.2. The third kappa shape index (κ3) is 1.83. The summed E-state index contributed by atoms with van der Waals surface area (Å²) in [6, 6.07) is -0.0218. The summed E-state index contributed by atoms with van der Waals surface area (Å²) in [5, 5.41) is 25.0. The van der Waals surface area contributed by atoms with Crippen LogP contribution in [0.15, 0.2) is 6.20 Å². The third-order valence-electron chi connectivity index (χ3n) is 1.61. The number of aromatic nitrogens is 3. The number of aliphatic hydroxyl groups is 1. The Morgan fingerprint density at radius 1 is 1.62 bits per heavy atom. The quantitative estimate of drug-likeness (QED) is 0.690. The zero-order valence-corrected chi connectivity index (χ0v) is 7.38. The minimum atomic E-state index is -1.56. The van der Waals surface area contributed by atoms with E-state index in [1.807, 2.05) is 13.8 Å². The van der Waals surface area contributed by atoms with Crippen molar-refractivity contribution in [2.45, 2.75) is 26.0 Å². The molecule has 1 rings (SSSR count). The fourth-order valence-electron chi connectivity index (χ4n) is 0.975. The lowest BCUT2D eigenvalue weighted by molar-refractivity contribution is -0.147. The van der Waals surface area contributed by atoms with Gasteiger partial charge in [0.05, 0.1) is 11.9 Å². The number of nitrogens with zero attached hydrogens (tertiary/aromatic N) is 3. The van der Waals surface area contributed by atoms with Gasteiger partial charge < -0.3 is 10.2 Å². The second-order valence-electron chi connectivity index (χ2n) is 2.94. The highest BCUT2D eigenvalue weighted by atomic mass is 16.4. The van der Waals surface area contributed by atoms with Crippen LogP contribution in [0.1, 0.15) is 31.7 Å². The van der Waals surface area contributed by atoms with Crippen molar-refractivity contribution in [3.63, 3.8) is 0 Å². The van der Waals surface area contributed by atoms with Gasteiger partial charge >= 0.3 is 5.97 Å². The molecular formula is C7H11N3O3. The van der Waals surface area contributed by atoms with Gasteiger partial charge in [0.2, 0.25) is 0 Å². The Kier molecular flexibility index (Phi) is 2.62. The molecule has 72 valence electrons. The number of carboxylic acid groups (broad SMARTS) is 1. The number of carboxylic acids is 1. The van der Waals surface area contributed by atoms with Gasteiger partial charge in [-0.15, -0.1) is 5.10 Å². The average molecular weight is 185 g/mol. The van der Waals surface area contributed by atoms with E-state index in [0.29, 0.717) is 0 Å². The van der Waals surface area contributed by atoms with Crippen LogP contribution in [-0.4, -0.2) is 31.2 Å². The second-order valence-corrected chi connectivity index (χ2v) is 2.94. The van der Waals surface area contributed by atoms with Gasteiger partial charge in [-0.1, -0.05) is 5.21 Å². The van der Waals surface area contributed by atoms with Crippen molar-refractivity contribution in [1.29, 1.82) is 0 Å². The van der Waals surface area contributed by atoms with Crippen molar-refractivity contribution in [2.24, 2.45) is 0 Å². The summed E-state index contributed by atoms with van der Waals surface area (Å²) >= 11 is 0. The molecule has 0 saturated heterocycles. The van der Waals surface area contributed by atoms with Gasteiger partial charge in [-0.2, -0.15) is 0 Å². The van der Waals surface area contributed by atoms with Gasteiger partial charge in [-0.05, 0) is 13.8 Å². The third-order valence-corrected chi connectivity index (χ3v) is 1.61. The molecule has 0 amide bonds. The number of hydrogen-bond acceptors (Lipinski definition) is 4. The Morgan fingerprint density at radius 2 is 2.23 bits per heavy atom. The zero-order valence-electron chi connectivity index (χ0n) is 7.38. The van der Waals surface area contributed by atoms with E-state index in [4.69, 9.17) is 5.11 Å². The molecule has 0 bridgehead atoms. The van der Waals surface area contributed by atoms with Crippen LogP contribution in [0.25, 0.3) is 0 Å². The van der Waals surface area contributed by atoms with Gasteiger partial charge in [0.25, 0.3) is 0 Å². The molecule has 0 aliphatic carbocycles. The molecule has 1 heterocycles. The number of carbonyl (C=O) groups is 1. The first-order valence-corrected chi connectivity index (χ1v) is 3.85. The molecule has 0 aliphatic rings. The molecular weight excluding hydrogens is 174 g/mol. The highest BCUT2D eigenvalue weighted by Gasteiger charge is 2.22. The molecule has 1 aromatic rings. The first-order chi connectivity index (χ1) is 6.04. The summed E-state index contributed by atoms with van der Waals surface area (Å²) in [6.45, 7) is 3.65. The van der Waals surface area contributed by atoms with Crippen molar-refractivity contribution in [3.05, 3.63) is 11.9 Å². The van der Waals surface area contributed by atoms with Crippen LogP contribution in [0.4, 0.5) is 0 Å². The lowest BCUT2D eigenvalue weighted by Crippen LogP contribution is -2.17. The summed E-state index contributed by atoms with van der Waals surface area (Å²) in [4.78, 5) is 10.5. The van der Waals surface area contributed by atoms with Crippen LogP contribution < -0.4 is 0 Å². The topological polar surface area (TPSA) is 88.2 Å². The molecule has 0 aliphatic heterocycles. The van der Waals surface area contributed by atoms with E-state index in [-0.39, 0.29) is 11.7 Å². The van der Waals surface area contributed by atoms with Crippen molar-refractivity contribution in [1.82, 2.24) is 15.0 Å². The minimum Gasteiger partial charge on any atom is -0.479 e. The highest BCUT2D eigenvalue weighted by molar-refractivity contribution is 5.73. The van der Waals surface area contributed by atoms with Crippen molar-refractivity contribution in [2.75, 3.05) is 0 Å². The van der Waals surface area contributed by atoms with Crippen molar-refractivity contribution < 1.29 is 15.0 Å². The van der Waals surface area contributed by atoms with Crippen LogP contribution in [0.3, 0.4) is 0 Å². The highest BCUT2D eigenvalue weighted by Crippen LogP contribution is 2.14. The fourth-order valence-corrected chi connectivity index (χ4v) is 0.975. The largest absolute Gasteiger partial charge is 0.479 e. The number of hydrogen-bond donors (Lipinski definition) is 2. The monoisotopic (exact) mass is 185 g/mol. The number of aliphatic hydroxyl groups excluding tert-OH is 1. The van der Waals surface area contributed by atoms with E-state index in [0.717, 1.165) is 0 Å². The molecule has 6 heteroatoms. The molecule has 1 atom stereocenters. The molecule has 0 radical (unpaired) electrons. The predicted octanol–water partition coefficient (Wildman–Crippen LogP) is -0.0230. The van der Waals surface area contributed by atoms with E-state index >= 15 is 0 Å². The SMILES string of the molecule is CC(C)n1nncc1C(O)C(=O)O. The zero-order chi connectivity index (χ0) is 10.0. The predicted molar refractivity (Wildman–Crippen MR) is 43.0 cm³/mol. The smallest absolute Gasteiger partial charge is 0.338 e. The molecule has 2 N–H and O–H groups in total. The maximum absolute atomic E-state index is 10.5. The molecule has 0 saturated carbocycles. The minimum absolute atomic E-state index is 0.0218. The van der Waals surface area contributed by atoms with Crippen LogP contribution in [0, 0.1) is 0 Å². The van der Waals surface area contributed by atoms with Gasteiger partial charge in [0.1, 0.15) is 0 Å². The van der Waals surface area contributed by atoms with Gasteiger partial charge in [0, 0.05) is 6.04 Å². The summed E-state index contributed by atoms with van der Waals surface area (Å²) < 4.78 is 1.37. The lowest BCUT2D eigenvalue weighted by Gasteiger charge is -2.10. The molecule has 6 nitrogen and oxygen atoms in total. The maximum Gasteiger partial charge on any atom is 0.338 e. The number of aliphatic carboxylic acids is 1. The van der Waals surface area contributed by atoms with Crippen molar-refractivity contribution in [3.8, 4) is 0 Å². The summed E-state index contributed by atoms with van der Waals surface area (Å²) in [5.41, 5.74) is 0.197. The molecule has 0 fully saturated rings. The van der Waals surface area contributed by atoms with Crippen LogP contribution in [0.2, 0.25) is 0 Å². The standard InChI is InChI=1S/C7H11N3O3/c1-4(2)10-5(3-8-9-10)6(11)7(12)13/h3-4,6,11H,1-2H3,(H,12,13). The summed E-state index contributed by atoms with van der Waals surface area (Å²) in [7, 11) is 0. The Balaban J connectivity index is 3.00. The van der Waals surface area contributed by atoms with Gasteiger partial charge in [0.15, 0.2) is 6.10 Å². The first kappa shape index (κ1) is 9.66. The van der Waals surface area contributed by atoms with E-state index in [2.05, 4.69) is 10.3 Å². The maximum atomic E-state index is 10.5. The van der Waals surface area contributed by atoms with E-state index in [1.54, 1.807) is 0 Å². The van der Waals surface area contributed by atoms with E-state index < -0.39 is 12.1 Å². The second kappa shape index (κ2) is 3.53. The molecule has 0 aromatic carbocycles. The van der Waals surface area contributed by atoms with Crippen LogP contribution in [-0.2, 0) is 4.79 Å². The normalized spacial score (nSPS) is 13.2.